The Kier molecular flexibility index (Phi) is 7.42. The van der Waals surface area contributed by atoms with Gasteiger partial charge >= 0.3 is 6.01 Å². The summed E-state index contributed by atoms with van der Waals surface area (Å²) in [6, 6.07) is 7.41. The van der Waals surface area contributed by atoms with Gasteiger partial charge in [0.1, 0.15) is 17.7 Å². The molecule has 1 aliphatic heterocycles. The first kappa shape index (κ1) is 20.8. The fourth-order valence-corrected chi connectivity index (χ4v) is 3.31. The van der Waals surface area contributed by atoms with E-state index in [0.717, 1.165) is 44.8 Å². The lowest BCUT2D eigenvalue weighted by atomic mass is 10.1. The summed E-state index contributed by atoms with van der Waals surface area (Å²) in [5, 5.41) is 4.34. The van der Waals surface area contributed by atoms with Crippen molar-refractivity contribution in [3.63, 3.8) is 0 Å². The minimum Gasteiger partial charge on any atom is -0.490 e. The van der Waals surface area contributed by atoms with Gasteiger partial charge in [-0.05, 0) is 25.0 Å². The van der Waals surface area contributed by atoms with Crippen molar-refractivity contribution >= 4 is 29.0 Å². The van der Waals surface area contributed by atoms with Crippen LogP contribution in [0, 0.1) is 0 Å². The molecule has 152 valence electrons. The number of hydrogen-bond donors (Lipinski definition) is 1. The lowest BCUT2D eigenvalue weighted by molar-refractivity contribution is 0.103. The Bertz CT molecular complexity index is 764. The van der Waals surface area contributed by atoms with Crippen LogP contribution in [-0.2, 0) is 0 Å². The fraction of sp³-hybridized carbons (Fsp3) is 0.474. The molecule has 1 aromatic carbocycles. The summed E-state index contributed by atoms with van der Waals surface area (Å²) in [5.41, 5.74) is 0. The molecule has 1 aliphatic rings. The topological polar surface area (TPSA) is 68.7 Å². The van der Waals surface area contributed by atoms with Gasteiger partial charge in [-0.3, -0.25) is 0 Å². The third kappa shape index (κ3) is 5.77. The summed E-state index contributed by atoms with van der Waals surface area (Å²) in [7, 11) is 3.10. The van der Waals surface area contributed by atoms with E-state index >= 15 is 0 Å². The van der Waals surface area contributed by atoms with Crippen molar-refractivity contribution in [2.75, 3.05) is 45.7 Å². The highest BCUT2D eigenvalue weighted by Crippen LogP contribution is 2.28. The third-order valence-electron chi connectivity index (χ3n) is 4.54. The first-order chi connectivity index (χ1) is 13.6. The Morgan fingerprint density at radius 3 is 2.54 bits per heavy atom. The maximum atomic E-state index is 6.05. The zero-order valence-corrected chi connectivity index (χ0v) is 17.5. The van der Waals surface area contributed by atoms with Crippen molar-refractivity contribution in [2.24, 2.45) is 0 Å². The minimum atomic E-state index is 0.192. The number of aromatic nitrogens is 2. The lowest BCUT2D eigenvalue weighted by Crippen LogP contribution is -2.40. The summed E-state index contributed by atoms with van der Waals surface area (Å²) >= 11 is 12.0. The average molecular weight is 427 g/mol. The van der Waals surface area contributed by atoms with E-state index < -0.39 is 0 Å². The normalized spacial score (nSPS) is 15.3. The van der Waals surface area contributed by atoms with Gasteiger partial charge in [0, 0.05) is 38.3 Å². The minimum absolute atomic E-state index is 0.192. The predicted molar refractivity (Wildman–Crippen MR) is 110 cm³/mol. The van der Waals surface area contributed by atoms with Crippen LogP contribution in [0.4, 0.5) is 5.82 Å². The van der Waals surface area contributed by atoms with Gasteiger partial charge in [0.25, 0.3) is 0 Å². The van der Waals surface area contributed by atoms with Crippen molar-refractivity contribution in [2.45, 2.75) is 18.9 Å². The van der Waals surface area contributed by atoms with Gasteiger partial charge in [-0.2, -0.15) is 9.97 Å². The molecule has 2 aromatic rings. The summed E-state index contributed by atoms with van der Waals surface area (Å²) in [6.07, 6.45) is 2.13. The molecule has 0 bridgehead atoms. The monoisotopic (exact) mass is 426 g/mol. The zero-order valence-electron chi connectivity index (χ0n) is 16.0. The van der Waals surface area contributed by atoms with Crippen LogP contribution in [0.25, 0.3) is 0 Å². The van der Waals surface area contributed by atoms with E-state index in [1.54, 1.807) is 25.3 Å². The van der Waals surface area contributed by atoms with Crippen LogP contribution < -0.4 is 19.5 Å². The first-order valence-electron chi connectivity index (χ1n) is 9.12. The number of likely N-dealkylation sites (tertiary alicyclic amines) is 1. The van der Waals surface area contributed by atoms with Crippen LogP contribution in [-0.4, -0.2) is 61.4 Å². The molecule has 28 heavy (non-hydrogen) atoms. The van der Waals surface area contributed by atoms with Crippen LogP contribution >= 0.6 is 23.2 Å². The van der Waals surface area contributed by atoms with E-state index in [9.17, 15) is 0 Å². The second-order valence-electron chi connectivity index (χ2n) is 6.44. The molecule has 0 spiro atoms. The predicted octanol–water partition coefficient (Wildman–Crippen LogP) is 3.76. The molecule has 0 atom stereocenters. The summed E-state index contributed by atoms with van der Waals surface area (Å²) < 4.78 is 16.3. The number of piperidine rings is 1. The number of benzene rings is 1. The van der Waals surface area contributed by atoms with Gasteiger partial charge in [-0.25, -0.2) is 0 Å². The second kappa shape index (κ2) is 10.0. The number of rotatable bonds is 8. The zero-order chi connectivity index (χ0) is 19.9. The van der Waals surface area contributed by atoms with Crippen LogP contribution in [0.2, 0.25) is 10.0 Å². The summed E-state index contributed by atoms with van der Waals surface area (Å²) in [4.78, 5) is 10.8. The maximum absolute atomic E-state index is 6.05. The van der Waals surface area contributed by atoms with Gasteiger partial charge in [0.15, 0.2) is 0 Å². The number of hydrogen-bond acceptors (Lipinski definition) is 7. The molecule has 0 amide bonds. The Hall–Kier alpha value is -1.96. The molecule has 1 N–H and O–H groups in total. The van der Waals surface area contributed by atoms with E-state index in [1.807, 2.05) is 6.07 Å². The van der Waals surface area contributed by atoms with E-state index in [1.165, 1.54) is 7.11 Å². The highest BCUT2D eigenvalue weighted by Gasteiger charge is 2.20. The third-order valence-corrected chi connectivity index (χ3v) is 5.28. The number of methoxy groups -OCH3 is 2. The van der Waals surface area contributed by atoms with Crippen molar-refractivity contribution < 1.29 is 14.2 Å². The highest BCUT2D eigenvalue weighted by molar-refractivity contribution is 6.42. The fourth-order valence-electron chi connectivity index (χ4n) is 3.03. The van der Waals surface area contributed by atoms with E-state index in [-0.39, 0.29) is 12.1 Å². The molecule has 1 aromatic heterocycles. The number of nitrogens with one attached hydrogen (secondary N) is 1. The Balaban J connectivity index is 1.41. The SMILES string of the molecule is COc1cc(NCCN2CCC(Oc3ccc(Cl)c(Cl)c3)CC2)nc(OC)n1. The quantitative estimate of drug-likeness (QED) is 0.688. The highest BCUT2D eigenvalue weighted by atomic mass is 35.5. The smallest absolute Gasteiger partial charge is 0.321 e. The first-order valence-corrected chi connectivity index (χ1v) is 9.88. The average Bonchev–Trinajstić information content (AvgIpc) is 2.71. The van der Waals surface area contributed by atoms with Gasteiger partial charge < -0.3 is 24.4 Å². The van der Waals surface area contributed by atoms with Crippen molar-refractivity contribution in [3.8, 4) is 17.6 Å². The molecular formula is C19H24Cl2N4O3. The molecule has 2 heterocycles. The van der Waals surface area contributed by atoms with Crippen LogP contribution in [0.1, 0.15) is 12.8 Å². The molecule has 0 unspecified atom stereocenters. The van der Waals surface area contributed by atoms with Crippen LogP contribution in [0.3, 0.4) is 0 Å². The molecular weight excluding hydrogens is 403 g/mol. The molecule has 0 radical (unpaired) electrons. The van der Waals surface area contributed by atoms with E-state index in [0.29, 0.717) is 21.7 Å². The largest absolute Gasteiger partial charge is 0.490 e. The summed E-state index contributed by atoms with van der Waals surface area (Å²) in [6.45, 7) is 3.63. The van der Waals surface area contributed by atoms with Crippen molar-refractivity contribution in [1.82, 2.24) is 14.9 Å². The number of ether oxygens (including phenoxy) is 3. The lowest BCUT2D eigenvalue weighted by Gasteiger charge is -2.32. The van der Waals surface area contributed by atoms with Gasteiger partial charge in [0.2, 0.25) is 5.88 Å². The number of anilines is 1. The van der Waals surface area contributed by atoms with Crippen molar-refractivity contribution in [1.29, 1.82) is 0 Å². The molecule has 0 aliphatic carbocycles. The molecule has 1 saturated heterocycles. The van der Waals surface area contributed by atoms with Gasteiger partial charge in [-0.1, -0.05) is 23.2 Å². The molecule has 3 rings (SSSR count). The number of halogens is 2. The second-order valence-corrected chi connectivity index (χ2v) is 7.26. The Morgan fingerprint density at radius 2 is 1.86 bits per heavy atom. The molecule has 1 fully saturated rings. The standard InChI is InChI=1S/C19H24Cl2N4O3/c1-26-18-12-17(23-19(24-18)27-2)22-7-10-25-8-5-13(6-9-25)28-14-3-4-15(20)16(21)11-14/h3-4,11-13H,5-10H2,1-2H3,(H,22,23,24). The molecule has 0 saturated carbocycles. The summed E-state index contributed by atoms with van der Waals surface area (Å²) in [5.74, 6) is 1.91. The van der Waals surface area contributed by atoms with Crippen LogP contribution in [0.15, 0.2) is 24.3 Å². The molecule has 9 heteroatoms. The molecule has 7 nitrogen and oxygen atoms in total. The van der Waals surface area contributed by atoms with E-state index in [4.69, 9.17) is 37.4 Å². The number of nitrogens with zero attached hydrogens (tertiary/aromatic N) is 3. The van der Waals surface area contributed by atoms with E-state index in [2.05, 4.69) is 20.2 Å². The van der Waals surface area contributed by atoms with Gasteiger partial charge in [0.05, 0.1) is 24.3 Å². The van der Waals surface area contributed by atoms with Gasteiger partial charge in [-0.15, -0.1) is 0 Å². The Labute approximate surface area is 174 Å². The maximum Gasteiger partial charge on any atom is 0.321 e. The Morgan fingerprint density at radius 1 is 1.07 bits per heavy atom. The van der Waals surface area contributed by atoms with Crippen LogP contribution in [0.5, 0.6) is 17.6 Å². The van der Waals surface area contributed by atoms with Crippen molar-refractivity contribution in [3.05, 3.63) is 34.3 Å².